The highest BCUT2D eigenvalue weighted by molar-refractivity contribution is 5.77. The van der Waals surface area contributed by atoms with Crippen LogP contribution in [0.4, 0.5) is 0 Å². The Morgan fingerprint density at radius 3 is 2.62 bits per heavy atom. The Bertz CT molecular complexity index is 230. The van der Waals surface area contributed by atoms with Crippen molar-refractivity contribution in [3.05, 3.63) is 12.3 Å². The van der Waals surface area contributed by atoms with Crippen molar-refractivity contribution >= 4 is 19.1 Å². The maximum Gasteiger partial charge on any atom is 0.0832 e. The van der Waals surface area contributed by atoms with Crippen molar-refractivity contribution in [3.63, 3.8) is 0 Å². The number of nitrogens with zero attached hydrogens (tertiary/aromatic N) is 4. The van der Waals surface area contributed by atoms with E-state index in [-0.39, 0.29) is 6.04 Å². The van der Waals surface area contributed by atoms with Crippen LogP contribution in [0.1, 0.15) is 6.92 Å². The third-order valence-corrected chi connectivity index (χ3v) is 1.44. The van der Waals surface area contributed by atoms with Gasteiger partial charge in [0.05, 0.1) is 11.7 Å². The van der Waals surface area contributed by atoms with E-state index < -0.39 is 0 Å². The molecule has 1 unspecified atom stereocenters. The molecule has 0 saturated carbocycles. The lowest BCUT2D eigenvalue weighted by atomic mass is 10.4. The largest absolute Gasteiger partial charge is 0.294 e. The molecule has 0 aliphatic rings. The highest BCUT2D eigenvalue weighted by Gasteiger charge is 1.95. The lowest BCUT2D eigenvalue weighted by molar-refractivity contribution is 0.473. The number of rotatable bonds is 5. The molecule has 13 heavy (non-hydrogen) atoms. The first kappa shape index (κ1) is 11.6. The minimum atomic E-state index is 0.0221. The predicted octanol–water partition coefficient (Wildman–Crippen LogP) is 1.21. The monoisotopic (exact) mass is 180 g/mol. The quantitative estimate of drug-likeness (QED) is 0.463. The van der Waals surface area contributed by atoms with Crippen LogP contribution < -0.4 is 0 Å². The molecule has 0 fully saturated rings. The van der Waals surface area contributed by atoms with Crippen LogP contribution in [-0.4, -0.2) is 44.3 Å². The van der Waals surface area contributed by atoms with E-state index in [1.165, 1.54) is 0 Å². The molecule has 0 aromatic carbocycles. The Morgan fingerprint density at radius 2 is 2.15 bits per heavy atom. The lowest BCUT2D eigenvalue weighted by Crippen LogP contribution is -2.12. The molecule has 0 aromatic rings. The van der Waals surface area contributed by atoms with Crippen LogP contribution >= 0.6 is 0 Å². The van der Waals surface area contributed by atoms with Crippen molar-refractivity contribution in [2.24, 2.45) is 15.1 Å². The summed E-state index contributed by atoms with van der Waals surface area (Å²) in [5.74, 6) is 0. The van der Waals surface area contributed by atoms with Gasteiger partial charge in [-0.05, 0) is 13.6 Å². The molecule has 1 atom stereocenters. The third-order valence-electron chi connectivity index (χ3n) is 1.44. The van der Waals surface area contributed by atoms with E-state index >= 15 is 0 Å². The van der Waals surface area contributed by atoms with Crippen molar-refractivity contribution in [2.75, 3.05) is 14.1 Å². The zero-order valence-corrected chi connectivity index (χ0v) is 8.44. The van der Waals surface area contributed by atoms with E-state index in [9.17, 15) is 0 Å². The van der Waals surface area contributed by atoms with E-state index in [2.05, 4.69) is 28.4 Å². The molecule has 0 saturated heterocycles. The number of hydrogen-bond donors (Lipinski definition) is 0. The van der Waals surface area contributed by atoms with Gasteiger partial charge in [0, 0.05) is 26.5 Å². The average molecular weight is 180 g/mol. The highest BCUT2D eigenvalue weighted by Crippen LogP contribution is 1.95. The fourth-order valence-corrected chi connectivity index (χ4v) is 0.550. The number of hydrazone groups is 1. The molecule has 0 spiro atoms. The average Bonchev–Trinajstić information content (AvgIpc) is 2.13. The number of aliphatic imine (C=N–C) groups is 2. The summed E-state index contributed by atoms with van der Waals surface area (Å²) in [4.78, 5) is 7.60. The molecule has 0 aromatic heterocycles. The summed E-state index contributed by atoms with van der Waals surface area (Å²) >= 11 is 0. The van der Waals surface area contributed by atoms with Gasteiger partial charge in [-0.1, -0.05) is 6.58 Å². The van der Waals surface area contributed by atoms with Crippen LogP contribution in [0, 0.1) is 0 Å². The summed E-state index contributed by atoms with van der Waals surface area (Å²) in [7, 11) is 3.49. The van der Waals surface area contributed by atoms with E-state index in [1.54, 1.807) is 31.5 Å². The van der Waals surface area contributed by atoms with Crippen LogP contribution in [0.3, 0.4) is 0 Å². The first-order chi connectivity index (χ1) is 6.11. The van der Waals surface area contributed by atoms with Crippen molar-refractivity contribution < 1.29 is 0 Å². The molecule has 4 nitrogen and oxygen atoms in total. The normalized spacial score (nSPS) is 13.5. The molecular weight excluding hydrogens is 164 g/mol. The van der Waals surface area contributed by atoms with Gasteiger partial charge in [-0.3, -0.25) is 15.0 Å². The van der Waals surface area contributed by atoms with Crippen molar-refractivity contribution in [1.82, 2.24) is 5.01 Å². The van der Waals surface area contributed by atoms with Gasteiger partial charge >= 0.3 is 0 Å². The maximum absolute atomic E-state index is 4.10. The lowest BCUT2D eigenvalue weighted by Gasteiger charge is -2.11. The van der Waals surface area contributed by atoms with Crippen molar-refractivity contribution in [2.45, 2.75) is 13.0 Å². The molecule has 0 aliphatic carbocycles. The van der Waals surface area contributed by atoms with Crippen LogP contribution in [0.5, 0.6) is 0 Å². The van der Waals surface area contributed by atoms with Crippen LogP contribution in [0.25, 0.3) is 0 Å². The zero-order valence-electron chi connectivity index (χ0n) is 8.44. The highest BCUT2D eigenvalue weighted by atomic mass is 15.4. The van der Waals surface area contributed by atoms with E-state index in [0.717, 1.165) is 5.70 Å². The van der Waals surface area contributed by atoms with Gasteiger partial charge in [-0.25, -0.2) is 0 Å². The Balaban J connectivity index is 4.13. The molecule has 0 bridgehead atoms. The van der Waals surface area contributed by atoms with Crippen molar-refractivity contribution in [3.8, 4) is 0 Å². The van der Waals surface area contributed by atoms with Crippen molar-refractivity contribution in [1.29, 1.82) is 0 Å². The smallest absolute Gasteiger partial charge is 0.0832 e. The summed E-state index contributed by atoms with van der Waals surface area (Å²) in [6, 6.07) is 0.0221. The first-order valence-corrected chi connectivity index (χ1v) is 3.96. The van der Waals surface area contributed by atoms with Gasteiger partial charge in [-0.2, -0.15) is 5.10 Å². The molecule has 0 amide bonds. The molecule has 72 valence electrons. The van der Waals surface area contributed by atoms with E-state index in [1.807, 2.05) is 6.92 Å². The predicted molar refractivity (Wildman–Crippen MR) is 58.8 cm³/mol. The summed E-state index contributed by atoms with van der Waals surface area (Å²) in [6.07, 6.45) is 3.34. The van der Waals surface area contributed by atoms with E-state index in [0.29, 0.717) is 0 Å². The summed E-state index contributed by atoms with van der Waals surface area (Å²) in [6.45, 7) is 9.08. The molecule has 4 heteroatoms. The van der Waals surface area contributed by atoms with Crippen LogP contribution in [0.15, 0.2) is 27.4 Å². The molecule has 0 heterocycles. The molecular formula is C9H16N4. The minimum absolute atomic E-state index is 0.0221. The fraction of sp³-hybridized carbons (Fsp3) is 0.444. The number of allylic oxidation sites excluding steroid dienone is 1. The summed E-state index contributed by atoms with van der Waals surface area (Å²) < 4.78 is 0. The Morgan fingerprint density at radius 1 is 1.54 bits per heavy atom. The van der Waals surface area contributed by atoms with Gasteiger partial charge in [0.25, 0.3) is 0 Å². The Kier molecular flexibility index (Phi) is 5.43. The number of hydrogen-bond acceptors (Lipinski definition) is 4. The Labute approximate surface area is 79.4 Å². The molecule has 0 aliphatic heterocycles. The minimum Gasteiger partial charge on any atom is -0.294 e. The summed E-state index contributed by atoms with van der Waals surface area (Å²) in [5, 5.41) is 5.73. The second-order valence-corrected chi connectivity index (χ2v) is 2.59. The molecule has 0 radical (unpaired) electrons. The maximum atomic E-state index is 4.10. The molecule has 0 rings (SSSR count). The topological polar surface area (TPSA) is 40.3 Å². The molecule has 0 N–H and O–H groups in total. The van der Waals surface area contributed by atoms with Crippen LogP contribution in [0.2, 0.25) is 0 Å². The van der Waals surface area contributed by atoms with Gasteiger partial charge in [-0.15, -0.1) is 0 Å². The summed E-state index contributed by atoms with van der Waals surface area (Å²) in [5.41, 5.74) is 0.731. The SMILES string of the molecule is C=NC(C)/C=N\N(C)C(=C)C=NC. The van der Waals surface area contributed by atoms with Crippen LogP contribution in [-0.2, 0) is 0 Å². The first-order valence-electron chi connectivity index (χ1n) is 3.96. The van der Waals surface area contributed by atoms with Gasteiger partial charge in [0.15, 0.2) is 0 Å². The van der Waals surface area contributed by atoms with Gasteiger partial charge in [0.2, 0.25) is 0 Å². The second-order valence-electron chi connectivity index (χ2n) is 2.59. The Hall–Kier alpha value is -1.45. The second kappa shape index (κ2) is 6.11. The van der Waals surface area contributed by atoms with Gasteiger partial charge < -0.3 is 0 Å². The van der Waals surface area contributed by atoms with E-state index in [4.69, 9.17) is 0 Å². The third kappa shape index (κ3) is 4.90. The zero-order chi connectivity index (χ0) is 10.3. The fourth-order valence-electron chi connectivity index (χ4n) is 0.550. The standard InChI is InChI=1S/C9H16N4/c1-8(11-4)6-12-13(5)9(2)7-10-3/h6-8H,2,4H2,1,3,5H3/b10-7?,12-6-. The van der Waals surface area contributed by atoms with Gasteiger partial charge in [0.1, 0.15) is 0 Å².